The number of hydrogen-bond donors (Lipinski definition) is 1. The van der Waals surface area contributed by atoms with Crippen LogP contribution in [0.25, 0.3) is 10.8 Å². The zero-order valence-corrected chi connectivity index (χ0v) is 12.6. The summed E-state index contributed by atoms with van der Waals surface area (Å²) in [5.41, 5.74) is 0.499. The maximum Gasteiger partial charge on any atom is 0.274 e. The van der Waals surface area contributed by atoms with Crippen LogP contribution in [-0.2, 0) is 18.3 Å². The lowest BCUT2D eigenvalue weighted by molar-refractivity contribution is -0.120. The lowest BCUT2D eigenvalue weighted by Gasteiger charge is -2.08. The van der Waals surface area contributed by atoms with E-state index in [2.05, 4.69) is 17.3 Å². The average Bonchev–Trinajstić information content (AvgIpc) is 2.49. The van der Waals surface area contributed by atoms with E-state index in [1.807, 2.05) is 18.2 Å². The highest BCUT2D eigenvalue weighted by molar-refractivity contribution is 5.88. The molecule has 0 spiro atoms. The van der Waals surface area contributed by atoms with Gasteiger partial charge in [-0.2, -0.15) is 5.10 Å². The smallest absolute Gasteiger partial charge is 0.274 e. The molecule has 5 heteroatoms. The maximum absolute atomic E-state index is 12.0. The molecule has 0 saturated carbocycles. The minimum absolute atomic E-state index is 0.0533. The second-order valence-corrected chi connectivity index (χ2v) is 5.15. The molecule has 2 rings (SSSR count). The van der Waals surface area contributed by atoms with Gasteiger partial charge in [0.25, 0.3) is 5.56 Å². The van der Waals surface area contributed by atoms with E-state index in [9.17, 15) is 9.59 Å². The Morgan fingerprint density at radius 2 is 1.95 bits per heavy atom. The van der Waals surface area contributed by atoms with E-state index in [1.165, 1.54) is 4.68 Å². The maximum atomic E-state index is 12.0. The monoisotopic (exact) mass is 287 g/mol. The van der Waals surface area contributed by atoms with Crippen LogP contribution in [0.4, 0.5) is 0 Å². The number of hydrogen-bond acceptors (Lipinski definition) is 3. The molecule has 0 saturated heterocycles. The molecule has 1 heterocycles. The fourth-order valence-electron chi connectivity index (χ4n) is 2.32. The Labute approximate surface area is 124 Å². The number of benzene rings is 1. The molecule has 1 amide bonds. The molecule has 2 aromatic rings. The van der Waals surface area contributed by atoms with E-state index in [-0.39, 0.29) is 17.9 Å². The van der Waals surface area contributed by atoms with Gasteiger partial charge in [-0.1, -0.05) is 38.0 Å². The molecule has 0 unspecified atom stereocenters. The van der Waals surface area contributed by atoms with Gasteiger partial charge in [-0.25, -0.2) is 4.68 Å². The number of amides is 1. The van der Waals surface area contributed by atoms with Crippen LogP contribution in [0.15, 0.2) is 29.1 Å². The Bertz CT molecular complexity index is 691. The van der Waals surface area contributed by atoms with Gasteiger partial charge in [-0.05, 0) is 12.5 Å². The van der Waals surface area contributed by atoms with E-state index in [0.29, 0.717) is 17.6 Å². The van der Waals surface area contributed by atoms with Crippen LogP contribution in [0.2, 0.25) is 0 Å². The van der Waals surface area contributed by atoms with Crippen LogP contribution >= 0.6 is 0 Å². The zero-order chi connectivity index (χ0) is 15.2. The highest BCUT2D eigenvalue weighted by Gasteiger charge is 2.11. The van der Waals surface area contributed by atoms with Crippen LogP contribution in [0.5, 0.6) is 0 Å². The number of fused-ring (bicyclic) bond motifs is 1. The molecular formula is C16H21N3O2. The first-order valence-corrected chi connectivity index (χ1v) is 7.35. The lowest BCUT2D eigenvalue weighted by atomic mass is 10.1. The fourth-order valence-corrected chi connectivity index (χ4v) is 2.32. The van der Waals surface area contributed by atoms with Gasteiger partial charge in [0.2, 0.25) is 5.91 Å². The van der Waals surface area contributed by atoms with Crippen molar-refractivity contribution in [2.24, 2.45) is 7.05 Å². The number of aryl methyl sites for hydroxylation is 1. The van der Waals surface area contributed by atoms with Gasteiger partial charge in [0.1, 0.15) is 0 Å². The molecule has 112 valence electrons. The molecule has 0 atom stereocenters. The molecule has 5 nitrogen and oxygen atoms in total. The summed E-state index contributed by atoms with van der Waals surface area (Å²) in [6.45, 7) is 2.82. The standard InChI is InChI=1S/C16H21N3O2/c1-3-4-7-10-17-15(20)11-14-12-8-5-6-9-13(12)16(21)19(2)18-14/h5-6,8-9H,3-4,7,10-11H2,1-2H3,(H,17,20). The molecule has 0 bridgehead atoms. The number of aromatic nitrogens is 2. The summed E-state index contributed by atoms with van der Waals surface area (Å²) in [5, 5.41) is 8.48. The quantitative estimate of drug-likeness (QED) is 0.824. The summed E-state index contributed by atoms with van der Waals surface area (Å²) in [6.07, 6.45) is 3.43. The summed E-state index contributed by atoms with van der Waals surface area (Å²) < 4.78 is 1.29. The van der Waals surface area contributed by atoms with Crippen LogP contribution < -0.4 is 10.9 Å². The Balaban J connectivity index is 2.17. The van der Waals surface area contributed by atoms with Gasteiger partial charge in [0, 0.05) is 19.0 Å². The number of nitrogens with one attached hydrogen (secondary N) is 1. The summed E-state index contributed by atoms with van der Waals surface area (Å²) in [4.78, 5) is 24.0. The van der Waals surface area contributed by atoms with Gasteiger partial charge in [0.05, 0.1) is 17.5 Å². The predicted molar refractivity (Wildman–Crippen MR) is 83.2 cm³/mol. The minimum atomic E-state index is -0.141. The topological polar surface area (TPSA) is 64.0 Å². The van der Waals surface area contributed by atoms with E-state index in [1.54, 1.807) is 13.1 Å². The van der Waals surface area contributed by atoms with Crippen molar-refractivity contribution in [3.63, 3.8) is 0 Å². The second kappa shape index (κ2) is 7.02. The van der Waals surface area contributed by atoms with Gasteiger partial charge in [-0.15, -0.1) is 0 Å². The third kappa shape index (κ3) is 3.68. The molecule has 0 aliphatic carbocycles. The number of carbonyl (C=O) groups excluding carboxylic acids is 1. The molecule has 21 heavy (non-hydrogen) atoms. The van der Waals surface area contributed by atoms with E-state index < -0.39 is 0 Å². The van der Waals surface area contributed by atoms with Crippen molar-refractivity contribution in [3.05, 3.63) is 40.3 Å². The third-order valence-corrected chi connectivity index (χ3v) is 3.46. The average molecular weight is 287 g/mol. The fraction of sp³-hybridized carbons (Fsp3) is 0.438. The van der Waals surface area contributed by atoms with Crippen molar-refractivity contribution in [2.45, 2.75) is 32.6 Å². The van der Waals surface area contributed by atoms with Crippen LogP contribution in [0.3, 0.4) is 0 Å². The summed E-state index contributed by atoms with van der Waals surface area (Å²) in [6, 6.07) is 7.27. The van der Waals surface area contributed by atoms with Gasteiger partial charge in [0.15, 0.2) is 0 Å². The Kier molecular flexibility index (Phi) is 5.09. The van der Waals surface area contributed by atoms with Crippen molar-refractivity contribution < 1.29 is 4.79 Å². The van der Waals surface area contributed by atoms with Gasteiger partial charge >= 0.3 is 0 Å². The van der Waals surface area contributed by atoms with Crippen molar-refractivity contribution in [2.75, 3.05) is 6.54 Å². The largest absolute Gasteiger partial charge is 0.356 e. The first kappa shape index (κ1) is 15.2. The molecule has 1 aromatic heterocycles. The first-order chi connectivity index (χ1) is 10.1. The molecular weight excluding hydrogens is 266 g/mol. The summed E-state index contributed by atoms with van der Waals surface area (Å²) in [7, 11) is 1.61. The number of carbonyl (C=O) groups is 1. The first-order valence-electron chi connectivity index (χ1n) is 7.35. The second-order valence-electron chi connectivity index (χ2n) is 5.15. The van der Waals surface area contributed by atoms with E-state index in [0.717, 1.165) is 24.6 Å². The molecule has 0 aliphatic rings. The van der Waals surface area contributed by atoms with E-state index >= 15 is 0 Å². The third-order valence-electron chi connectivity index (χ3n) is 3.46. The molecule has 1 N–H and O–H groups in total. The number of rotatable bonds is 6. The van der Waals surface area contributed by atoms with Crippen LogP contribution in [0.1, 0.15) is 31.9 Å². The van der Waals surface area contributed by atoms with Gasteiger partial charge in [-0.3, -0.25) is 9.59 Å². The number of unbranched alkanes of at least 4 members (excludes halogenated alkanes) is 2. The molecule has 0 aliphatic heterocycles. The summed E-state index contributed by atoms with van der Waals surface area (Å²) in [5.74, 6) is -0.0533. The SMILES string of the molecule is CCCCCNC(=O)Cc1nn(C)c(=O)c2ccccc12. The Morgan fingerprint density at radius 3 is 2.67 bits per heavy atom. The van der Waals surface area contributed by atoms with Crippen LogP contribution in [-0.4, -0.2) is 22.2 Å². The Hall–Kier alpha value is -2.17. The van der Waals surface area contributed by atoms with Crippen molar-refractivity contribution in [3.8, 4) is 0 Å². The molecule has 1 aromatic carbocycles. The van der Waals surface area contributed by atoms with E-state index in [4.69, 9.17) is 0 Å². The predicted octanol–water partition coefficient (Wildman–Crippen LogP) is 1.78. The summed E-state index contributed by atoms with van der Waals surface area (Å²) >= 11 is 0. The van der Waals surface area contributed by atoms with Crippen molar-refractivity contribution >= 4 is 16.7 Å². The van der Waals surface area contributed by atoms with Gasteiger partial charge < -0.3 is 5.32 Å². The highest BCUT2D eigenvalue weighted by Crippen LogP contribution is 2.13. The Morgan fingerprint density at radius 1 is 1.24 bits per heavy atom. The zero-order valence-electron chi connectivity index (χ0n) is 12.6. The molecule has 0 radical (unpaired) electrons. The lowest BCUT2D eigenvalue weighted by Crippen LogP contribution is -2.28. The van der Waals surface area contributed by atoms with Crippen LogP contribution in [0, 0.1) is 0 Å². The van der Waals surface area contributed by atoms with Crippen molar-refractivity contribution in [1.29, 1.82) is 0 Å². The number of nitrogens with zero attached hydrogens (tertiary/aromatic N) is 2. The molecule has 0 fully saturated rings. The van der Waals surface area contributed by atoms with Crippen molar-refractivity contribution in [1.82, 2.24) is 15.1 Å². The normalized spacial score (nSPS) is 10.8. The minimum Gasteiger partial charge on any atom is -0.356 e. The highest BCUT2D eigenvalue weighted by atomic mass is 16.1.